The quantitative estimate of drug-likeness (QED) is 0.223. The van der Waals surface area contributed by atoms with Crippen LogP contribution in [-0.2, 0) is 0 Å². The summed E-state index contributed by atoms with van der Waals surface area (Å²) in [6.07, 6.45) is 0. The van der Waals surface area contributed by atoms with E-state index in [1.54, 1.807) is 0 Å². The summed E-state index contributed by atoms with van der Waals surface area (Å²) < 4.78 is 2.50. The molecule has 43 heavy (non-hydrogen) atoms. The van der Waals surface area contributed by atoms with Crippen LogP contribution < -0.4 is 4.90 Å². The highest BCUT2D eigenvalue weighted by Gasteiger charge is 2.20. The van der Waals surface area contributed by atoms with E-state index in [4.69, 9.17) is 0 Å². The lowest BCUT2D eigenvalue weighted by Gasteiger charge is -2.27. The smallest absolute Gasteiger partial charge is 0.147 e. The summed E-state index contributed by atoms with van der Waals surface area (Å²) in [4.78, 5) is 2.15. The highest BCUT2D eigenvalue weighted by molar-refractivity contribution is 7.26. The Morgan fingerprint density at radius 3 is 2.05 bits per heavy atom. The normalized spacial score (nSPS) is 11.3. The minimum absolute atomic E-state index is 0.249. The molecule has 0 saturated heterocycles. The van der Waals surface area contributed by atoms with Gasteiger partial charge in [-0.1, -0.05) is 115 Å². The van der Waals surface area contributed by atoms with Gasteiger partial charge in [0.2, 0.25) is 0 Å². The van der Waals surface area contributed by atoms with E-state index in [9.17, 15) is 5.11 Å². The fourth-order valence-electron chi connectivity index (χ4n) is 6.12. The van der Waals surface area contributed by atoms with Crippen LogP contribution in [0.4, 0.5) is 17.1 Å². The SMILES string of the molecule is Oc1c(-c2cccc(-c3ccccc3)c2)cccc1N(c1ccccc1)c1ccc2c(c1)sc1ccc3ccccc3c12. The zero-order valence-electron chi connectivity index (χ0n) is 23.3. The van der Waals surface area contributed by atoms with E-state index >= 15 is 0 Å². The van der Waals surface area contributed by atoms with Gasteiger partial charge < -0.3 is 10.0 Å². The second-order valence-electron chi connectivity index (χ2n) is 10.7. The van der Waals surface area contributed by atoms with Crippen LogP contribution in [0.2, 0.25) is 0 Å². The number of nitrogens with zero attached hydrogens (tertiary/aromatic N) is 1. The lowest BCUT2D eigenvalue weighted by atomic mass is 9.97. The summed E-state index contributed by atoms with van der Waals surface area (Å²) in [5.74, 6) is 0.249. The van der Waals surface area contributed by atoms with Crippen molar-refractivity contribution in [2.75, 3.05) is 4.90 Å². The van der Waals surface area contributed by atoms with E-state index in [2.05, 4.69) is 108 Å². The molecular weight excluding hydrogens is 543 g/mol. The van der Waals surface area contributed by atoms with Crippen LogP contribution in [0.25, 0.3) is 53.2 Å². The Bertz CT molecular complexity index is 2250. The number of hydrogen-bond acceptors (Lipinski definition) is 3. The number of benzene rings is 7. The summed E-state index contributed by atoms with van der Waals surface area (Å²) in [5, 5.41) is 17.0. The van der Waals surface area contributed by atoms with Gasteiger partial charge in [0, 0.05) is 37.1 Å². The molecule has 0 aliphatic heterocycles. The van der Waals surface area contributed by atoms with Gasteiger partial charge in [0.15, 0.2) is 0 Å². The number of rotatable bonds is 5. The Labute approximate surface area is 254 Å². The van der Waals surface area contributed by atoms with E-state index in [0.717, 1.165) is 39.3 Å². The first-order valence-electron chi connectivity index (χ1n) is 14.4. The van der Waals surface area contributed by atoms with Gasteiger partial charge in [-0.3, -0.25) is 0 Å². The van der Waals surface area contributed by atoms with E-state index in [1.807, 2.05) is 65.9 Å². The molecule has 0 bridgehead atoms. The molecule has 8 rings (SSSR count). The third kappa shape index (κ3) is 4.42. The average Bonchev–Trinajstić information content (AvgIpc) is 3.45. The highest BCUT2D eigenvalue weighted by atomic mass is 32.1. The second kappa shape index (κ2) is 10.5. The van der Waals surface area contributed by atoms with Crippen molar-refractivity contribution in [2.45, 2.75) is 0 Å². The Morgan fingerprint density at radius 2 is 1.19 bits per heavy atom. The Hall–Kier alpha value is -5.38. The lowest BCUT2D eigenvalue weighted by Crippen LogP contribution is -2.10. The third-order valence-corrected chi connectivity index (χ3v) is 9.27. The summed E-state index contributed by atoms with van der Waals surface area (Å²) in [6.45, 7) is 0. The molecule has 1 N–H and O–H groups in total. The molecule has 204 valence electrons. The zero-order valence-corrected chi connectivity index (χ0v) is 24.1. The van der Waals surface area contributed by atoms with Crippen molar-refractivity contribution in [3.05, 3.63) is 158 Å². The Balaban J connectivity index is 1.29. The maximum absolute atomic E-state index is 11.9. The number of aromatic hydroxyl groups is 1. The number of phenolic OH excluding ortho intramolecular Hbond substituents is 1. The minimum atomic E-state index is 0.249. The molecule has 1 aromatic heterocycles. The van der Waals surface area contributed by atoms with Crippen LogP contribution in [0, 0.1) is 0 Å². The van der Waals surface area contributed by atoms with Crippen molar-refractivity contribution in [3.8, 4) is 28.0 Å². The molecule has 0 radical (unpaired) electrons. The van der Waals surface area contributed by atoms with Crippen molar-refractivity contribution in [1.82, 2.24) is 0 Å². The number of hydrogen-bond donors (Lipinski definition) is 1. The molecule has 0 spiro atoms. The molecule has 7 aromatic carbocycles. The van der Waals surface area contributed by atoms with Gasteiger partial charge in [-0.15, -0.1) is 11.3 Å². The summed E-state index contributed by atoms with van der Waals surface area (Å²) in [6, 6.07) is 54.7. The van der Waals surface area contributed by atoms with Crippen LogP contribution in [0.3, 0.4) is 0 Å². The van der Waals surface area contributed by atoms with E-state index in [1.165, 1.54) is 30.9 Å². The van der Waals surface area contributed by atoms with Gasteiger partial charge in [0.05, 0.1) is 5.69 Å². The van der Waals surface area contributed by atoms with E-state index in [-0.39, 0.29) is 5.75 Å². The van der Waals surface area contributed by atoms with Crippen LogP contribution in [0.1, 0.15) is 0 Å². The topological polar surface area (TPSA) is 23.5 Å². The fourth-order valence-corrected chi connectivity index (χ4v) is 7.27. The van der Waals surface area contributed by atoms with Gasteiger partial charge in [0.1, 0.15) is 5.75 Å². The van der Waals surface area contributed by atoms with Crippen molar-refractivity contribution >= 4 is 59.3 Å². The van der Waals surface area contributed by atoms with Crippen LogP contribution in [0.5, 0.6) is 5.75 Å². The van der Waals surface area contributed by atoms with Gasteiger partial charge in [0.25, 0.3) is 0 Å². The van der Waals surface area contributed by atoms with Crippen LogP contribution in [-0.4, -0.2) is 5.11 Å². The summed E-state index contributed by atoms with van der Waals surface area (Å²) in [5.41, 5.74) is 6.76. The summed E-state index contributed by atoms with van der Waals surface area (Å²) in [7, 11) is 0. The molecule has 0 aliphatic rings. The maximum Gasteiger partial charge on any atom is 0.147 e. The van der Waals surface area contributed by atoms with E-state index < -0.39 is 0 Å². The highest BCUT2D eigenvalue weighted by Crippen LogP contribution is 2.47. The second-order valence-corrected chi connectivity index (χ2v) is 11.8. The molecule has 0 unspecified atom stereocenters. The van der Waals surface area contributed by atoms with Crippen LogP contribution >= 0.6 is 11.3 Å². The largest absolute Gasteiger partial charge is 0.505 e. The van der Waals surface area contributed by atoms with Gasteiger partial charge in [-0.25, -0.2) is 0 Å². The minimum Gasteiger partial charge on any atom is -0.505 e. The van der Waals surface area contributed by atoms with Crippen molar-refractivity contribution in [3.63, 3.8) is 0 Å². The third-order valence-electron chi connectivity index (χ3n) is 8.15. The molecule has 3 heteroatoms. The van der Waals surface area contributed by atoms with Gasteiger partial charge in [-0.2, -0.15) is 0 Å². The molecule has 1 heterocycles. The predicted molar refractivity (Wildman–Crippen MR) is 184 cm³/mol. The van der Waals surface area contributed by atoms with Gasteiger partial charge >= 0.3 is 0 Å². The number of phenols is 1. The molecule has 8 aromatic rings. The maximum atomic E-state index is 11.9. The van der Waals surface area contributed by atoms with Gasteiger partial charge in [-0.05, 0) is 69.9 Å². The molecule has 2 nitrogen and oxygen atoms in total. The monoisotopic (exact) mass is 569 g/mol. The predicted octanol–water partition coefficient (Wildman–Crippen LogP) is 11.7. The number of para-hydroxylation sites is 2. The Kier molecular flexibility index (Phi) is 6.17. The van der Waals surface area contributed by atoms with Crippen molar-refractivity contribution < 1.29 is 5.11 Å². The summed E-state index contributed by atoms with van der Waals surface area (Å²) >= 11 is 1.81. The number of thiophene rings is 1. The van der Waals surface area contributed by atoms with Crippen molar-refractivity contribution in [2.24, 2.45) is 0 Å². The first-order chi connectivity index (χ1) is 21.2. The fraction of sp³-hybridized carbons (Fsp3) is 0. The average molecular weight is 570 g/mol. The number of anilines is 3. The standard InChI is InChI=1S/C40H27NOS/c42-40-34(30-15-9-14-29(25-30)27-11-3-1-4-12-27)19-10-20-36(40)41(31-16-5-2-6-17-31)32-22-23-35-38(26-32)43-37-24-21-28-13-7-8-18-33(28)39(35)37/h1-26,42H. The molecule has 0 amide bonds. The van der Waals surface area contributed by atoms with Crippen molar-refractivity contribution in [1.29, 1.82) is 0 Å². The van der Waals surface area contributed by atoms with E-state index in [0.29, 0.717) is 0 Å². The lowest BCUT2D eigenvalue weighted by molar-refractivity contribution is 0.478. The zero-order chi connectivity index (χ0) is 28.8. The molecule has 0 atom stereocenters. The molecule has 0 saturated carbocycles. The Morgan fingerprint density at radius 1 is 0.465 bits per heavy atom. The molecule has 0 fully saturated rings. The first kappa shape index (κ1) is 25.3. The molecular formula is C40H27NOS. The number of fused-ring (bicyclic) bond motifs is 5. The molecule has 0 aliphatic carbocycles. The first-order valence-corrected chi connectivity index (χ1v) is 15.2. The van der Waals surface area contributed by atoms with Crippen LogP contribution in [0.15, 0.2) is 158 Å².